The normalized spacial score (nSPS) is 9.94. The fraction of sp³-hybridized carbons (Fsp3) is 0. The van der Waals surface area contributed by atoms with Crippen LogP contribution in [0.5, 0.6) is 5.75 Å². The van der Waals surface area contributed by atoms with Gasteiger partial charge in [-0.3, -0.25) is 9.78 Å². The molecule has 17 heavy (non-hydrogen) atoms. The standard InChI is InChI=1S/C11H8BrN3O2/c12-8-4-7(5-13-6-8)11(17)15-10-9(16)2-1-3-14-10/h1-6,16H,(H,14,15,17). The van der Waals surface area contributed by atoms with Crippen molar-refractivity contribution in [1.29, 1.82) is 0 Å². The number of carbonyl (C=O) groups excluding carboxylic acids is 1. The highest BCUT2D eigenvalue weighted by Gasteiger charge is 2.09. The average molecular weight is 294 g/mol. The van der Waals surface area contributed by atoms with Crippen LogP contribution in [0, 0.1) is 0 Å². The van der Waals surface area contributed by atoms with Crippen molar-refractivity contribution < 1.29 is 9.90 Å². The molecule has 0 aliphatic carbocycles. The lowest BCUT2D eigenvalue weighted by molar-refractivity contribution is 0.102. The van der Waals surface area contributed by atoms with Crippen LogP contribution in [0.4, 0.5) is 5.82 Å². The number of halogens is 1. The number of amides is 1. The highest BCUT2D eigenvalue weighted by Crippen LogP contribution is 2.19. The maximum absolute atomic E-state index is 11.8. The van der Waals surface area contributed by atoms with Crippen LogP contribution in [-0.2, 0) is 0 Å². The molecule has 1 amide bonds. The minimum atomic E-state index is -0.382. The molecular formula is C11H8BrN3O2. The Morgan fingerprint density at radius 1 is 1.41 bits per heavy atom. The van der Waals surface area contributed by atoms with E-state index in [4.69, 9.17) is 0 Å². The fourth-order valence-corrected chi connectivity index (χ4v) is 1.57. The number of hydrogen-bond acceptors (Lipinski definition) is 4. The smallest absolute Gasteiger partial charge is 0.258 e. The van der Waals surface area contributed by atoms with E-state index < -0.39 is 0 Å². The highest BCUT2D eigenvalue weighted by molar-refractivity contribution is 9.10. The van der Waals surface area contributed by atoms with Crippen LogP contribution in [0.15, 0.2) is 41.3 Å². The zero-order valence-corrected chi connectivity index (χ0v) is 10.2. The van der Waals surface area contributed by atoms with Gasteiger partial charge in [-0.25, -0.2) is 4.98 Å². The Morgan fingerprint density at radius 2 is 2.24 bits per heavy atom. The summed E-state index contributed by atoms with van der Waals surface area (Å²) in [6, 6.07) is 4.65. The van der Waals surface area contributed by atoms with Gasteiger partial charge in [0.25, 0.3) is 5.91 Å². The number of nitrogens with one attached hydrogen (secondary N) is 1. The number of carbonyl (C=O) groups is 1. The van der Waals surface area contributed by atoms with E-state index >= 15 is 0 Å². The molecular weight excluding hydrogens is 286 g/mol. The molecule has 2 rings (SSSR count). The molecule has 86 valence electrons. The van der Waals surface area contributed by atoms with Crippen molar-refractivity contribution in [2.75, 3.05) is 5.32 Å². The van der Waals surface area contributed by atoms with E-state index in [0.717, 1.165) is 0 Å². The molecule has 0 bridgehead atoms. The SMILES string of the molecule is O=C(Nc1ncccc1O)c1cncc(Br)c1. The lowest BCUT2D eigenvalue weighted by atomic mass is 10.2. The molecule has 0 spiro atoms. The largest absolute Gasteiger partial charge is 0.504 e. The van der Waals surface area contributed by atoms with Crippen LogP contribution in [0.2, 0.25) is 0 Å². The van der Waals surface area contributed by atoms with Gasteiger partial charge in [0.05, 0.1) is 5.56 Å². The highest BCUT2D eigenvalue weighted by atomic mass is 79.9. The summed E-state index contributed by atoms with van der Waals surface area (Å²) in [5.74, 6) is -0.339. The molecule has 0 atom stereocenters. The van der Waals surface area contributed by atoms with Gasteiger partial charge in [0.2, 0.25) is 0 Å². The van der Waals surface area contributed by atoms with E-state index in [-0.39, 0.29) is 17.5 Å². The lowest BCUT2D eigenvalue weighted by Crippen LogP contribution is -2.13. The Labute approximate surface area is 106 Å². The summed E-state index contributed by atoms with van der Waals surface area (Å²) < 4.78 is 0.704. The second-order valence-corrected chi connectivity index (χ2v) is 4.13. The quantitative estimate of drug-likeness (QED) is 0.890. The molecule has 2 heterocycles. The Bertz CT molecular complexity index is 560. The van der Waals surface area contributed by atoms with E-state index in [9.17, 15) is 9.90 Å². The van der Waals surface area contributed by atoms with Gasteiger partial charge < -0.3 is 10.4 Å². The van der Waals surface area contributed by atoms with Crippen molar-refractivity contribution in [2.24, 2.45) is 0 Å². The van der Waals surface area contributed by atoms with Gasteiger partial charge in [-0.1, -0.05) is 0 Å². The zero-order chi connectivity index (χ0) is 12.3. The minimum Gasteiger partial charge on any atom is -0.504 e. The van der Waals surface area contributed by atoms with E-state index in [1.165, 1.54) is 18.5 Å². The summed E-state index contributed by atoms with van der Waals surface area (Å²) in [5.41, 5.74) is 0.379. The first-order valence-electron chi connectivity index (χ1n) is 4.72. The molecule has 0 unspecified atom stereocenters. The summed E-state index contributed by atoms with van der Waals surface area (Å²) in [4.78, 5) is 19.5. The maximum atomic E-state index is 11.8. The molecule has 0 aliphatic heterocycles. The van der Waals surface area contributed by atoms with E-state index in [0.29, 0.717) is 10.0 Å². The number of aromatic nitrogens is 2. The molecule has 2 aromatic heterocycles. The lowest BCUT2D eigenvalue weighted by Gasteiger charge is -2.05. The average Bonchev–Trinajstić information content (AvgIpc) is 2.32. The summed E-state index contributed by atoms with van der Waals surface area (Å²) in [6.07, 6.45) is 4.49. The number of aromatic hydroxyl groups is 1. The van der Waals surface area contributed by atoms with Crippen LogP contribution in [0.25, 0.3) is 0 Å². The third-order valence-corrected chi connectivity index (χ3v) is 2.42. The van der Waals surface area contributed by atoms with Gasteiger partial charge in [-0.05, 0) is 34.1 Å². The van der Waals surface area contributed by atoms with Gasteiger partial charge in [-0.15, -0.1) is 0 Å². The van der Waals surface area contributed by atoms with Crippen LogP contribution >= 0.6 is 15.9 Å². The first-order chi connectivity index (χ1) is 8.16. The Morgan fingerprint density at radius 3 is 2.94 bits per heavy atom. The van der Waals surface area contributed by atoms with Gasteiger partial charge in [0, 0.05) is 23.1 Å². The second kappa shape index (κ2) is 4.92. The van der Waals surface area contributed by atoms with E-state index in [1.54, 1.807) is 18.3 Å². The summed E-state index contributed by atoms with van der Waals surface area (Å²) in [7, 11) is 0. The molecule has 0 aromatic carbocycles. The number of hydrogen-bond donors (Lipinski definition) is 2. The van der Waals surface area contributed by atoms with Crippen LogP contribution in [0.3, 0.4) is 0 Å². The second-order valence-electron chi connectivity index (χ2n) is 3.22. The molecule has 5 nitrogen and oxygen atoms in total. The third kappa shape index (κ3) is 2.79. The topological polar surface area (TPSA) is 75.1 Å². The molecule has 2 aromatic rings. The molecule has 0 saturated heterocycles. The van der Waals surface area contributed by atoms with Crippen LogP contribution in [0.1, 0.15) is 10.4 Å². The zero-order valence-electron chi connectivity index (χ0n) is 8.59. The van der Waals surface area contributed by atoms with Crippen molar-refractivity contribution in [1.82, 2.24) is 9.97 Å². The van der Waals surface area contributed by atoms with Crippen molar-refractivity contribution in [3.8, 4) is 5.75 Å². The van der Waals surface area contributed by atoms with Gasteiger partial charge >= 0.3 is 0 Å². The Hall–Kier alpha value is -1.95. The monoisotopic (exact) mass is 293 g/mol. The minimum absolute atomic E-state index is 0.0798. The van der Waals surface area contributed by atoms with Gasteiger partial charge in [0.1, 0.15) is 0 Å². The maximum Gasteiger partial charge on any atom is 0.258 e. The summed E-state index contributed by atoms with van der Waals surface area (Å²) in [5, 5.41) is 12.0. The van der Waals surface area contributed by atoms with Crippen molar-refractivity contribution in [3.63, 3.8) is 0 Å². The summed E-state index contributed by atoms with van der Waals surface area (Å²) >= 11 is 3.22. The van der Waals surface area contributed by atoms with Crippen LogP contribution < -0.4 is 5.32 Å². The molecule has 0 saturated carbocycles. The number of anilines is 1. The summed E-state index contributed by atoms with van der Waals surface area (Å²) in [6.45, 7) is 0. The number of nitrogens with zero attached hydrogens (tertiary/aromatic N) is 2. The molecule has 2 N–H and O–H groups in total. The van der Waals surface area contributed by atoms with Crippen molar-refractivity contribution in [2.45, 2.75) is 0 Å². The first kappa shape index (κ1) is 11.5. The van der Waals surface area contributed by atoms with E-state index in [1.807, 2.05) is 0 Å². The Kier molecular flexibility index (Phi) is 3.34. The molecule has 0 aliphatic rings. The van der Waals surface area contributed by atoms with Gasteiger partial charge in [-0.2, -0.15) is 0 Å². The van der Waals surface area contributed by atoms with Crippen LogP contribution in [-0.4, -0.2) is 21.0 Å². The molecule has 0 radical (unpaired) electrons. The molecule has 6 heteroatoms. The van der Waals surface area contributed by atoms with Gasteiger partial charge in [0.15, 0.2) is 11.6 Å². The van der Waals surface area contributed by atoms with Crippen molar-refractivity contribution >= 4 is 27.7 Å². The van der Waals surface area contributed by atoms with E-state index in [2.05, 4.69) is 31.2 Å². The first-order valence-corrected chi connectivity index (χ1v) is 5.52. The predicted molar refractivity (Wildman–Crippen MR) is 65.8 cm³/mol. The predicted octanol–water partition coefficient (Wildman–Crippen LogP) is 2.20. The fourth-order valence-electron chi connectivity index (χ4n) is 1.21. The molecule has 0 fully saturated rings. The van der Waals surface area contributed by atoms with Crippen molar-refractivity contribution in [3.05, 3.63) is 46.8 Å². The third-order valence-electron chi connectivity index (χ3n) is 1.99. The number of rotatable bonds is 2. The number of pyridine rings is 2. The Balaban J connectivity index is 2.20.